The molecule has 23 heavy (non-hydrogen) atoms. The van der Waals surface area contributed by atoms with E-state index < -0.39 is 0 Å². The Labute approximate surface area is 134 Å². The fourth-order valence-corrected chi connectivity index (χ4v) is 2.37. The van der Waals surface area contributed by atoms with Gasteiger partial charge in [0.2, 0.25) is 5.91 Å². The van der Waals surface area contributed by atoms with Crippen molar-refractivity contribution >= 4 is 16.8 Å². The molecule has 6 heteroatoms. The lowest BCUT2D eigenvalue weighted by atomic mass is 10.2. The summed E-state index contributed by atoms with van der Waals surface area (Å²) in [6.45, 7) is 1.05. The van der Waals surface area contributed by atoms with Gasteiger partial charge in [0.05, 0.1) is 25.4 Å². The van der Waals surface area contributed by atoms with Crippen molar-refractivity contribution in [1.82, 2.24) is 20.1 Å². The summed E-state index contributed by atoms with van der Waals surface area (Å²) < 4.78 is 7.03. The maximum Gasteiger partial charge on any atom is 0.222 e. The zero-order valence-corrected chi connectivity index (χ0v) is 12.9. The van der Waals surface area contributed by atoms with E-state index in [4.69, 9.17) is 4.74 Å². The second-order valence-electron chi connectivity index (χ2n) is 5.17. The fraction of sp³-hybridized carbons (Fsp3) is 0.235. The van der Waals surface area contributed by atoms with E-state index in [-0.39, 0.29) is 5.91 Å². The van der Waals surface area contributed by atoms with Gasteiger partial charge in [-0.05, 0) is 35.9 Å². The second-order valence-corrected chi connectivity index (χ2v) is 5.17. The Morgan fingerprint density at radius 2 is 2.09 bits per heavy atom. The van der Waals surface area contributed by atoms with Crippen LogP contribution in [0.2, 0.25) is 0 Å². The predicted molar refractivity (Wildman–Crippen MR) is 87.0 cm³/mol. The highest BCUT2D eigenvalue weighted by molar-refractivity contribution is 5.80. The minimum absolute atomic E-state index is 0.000950. The minimum Gasteiger partial charge on any atom is -0.497 e. The van der Waals surface area contributed by atoms with E-state index in [1.54, 1.807) is 25.7 Å². The molecule has 0 aliphatic rings. The number of pyridine rings is 1. The highest BCUT2D eigenvalue weighted by Crippen LogP contribution is 2.20. The van der Waals surface area contributed by atoms with Crippen molar-refractivity contribution in [3.63, 3.8) is 0 Å². The lowest BCUT2D eigenvalue weighted by Crippen LogP contribution is -2.24. The number of benzene rings is 1. The molecule has 1 N–H and O–H groups in total. The van der Waals surface area contributed by atoms with Crippen LogP contribution >= 0.6 is 0 Å². The van der Waals surface area contributed by atoms with Crippen molar-refractivity contribution in [3.05, 3.63) is 54.5 Å². The number of ether oxygens (including phenoxy) is 1. The van der Waals surface area contributed by atoms with Crippen molar-refractivity contribution in [2.24, 2.45) is 0 Å². The molecule has 6 nitrogen and oxygen atoms in total. The van der Waals surface area contributed by atoms with E-state index in [0.717, 1.165) is 22.2 Å². The Morgan fingerprint density at radius 1 is 1.26 bits per heavy atom. The van der Waals surface area contributed by atoms with Crippen LogP contribution in [0.1, 0.15) is 12.0 Å². The van der Waals surface area contributed by atoms with Crippen LogP contribution in [0.5, 0.6) is 5.75 Å². The average molecular weight is 310 g/mol. The molecule has 0 aliphatic carbocycles. The molecule has 0 spiro atoms. The average Bonchev–Trinajstić information content (AvgIpc) is 3.01. The second kappa shape index (κ2) is 6.91. The molecule has 3 aromatic rings. The third-order valence-electron chi connectivity index (χ3n) is 3.64. The third-order valence-corrected chi connectivity index (χ3v) is 3.64. The third kappa shape index (κ3) is 3.66. The maximum absolute atomic E-state index is 12.0. The molecule has 1 amide bonds. The largest absolute Gasteiger partial charge is 0.497 e. The topological polar surface area (TPSA) is 69.0 Å². The van der Waals surface area contributed by atoms with Gasteiger partial charge in [-0.25, -0.2) is 0 Å². The summed E-state index contributed by atoms with van der Waals surface area (Å²) in [4.78, 5) is 15.9. The zero-order chi connectivity index (χ0) is 16.1. The smallest absolute Gasteiger partial charge is 0.222 e. The molecule has 0 atom stereocenters. The fourth-order valence-electron chi connectivity index (χ4n) is 2.37. The maximum atomic E-state index is 12.0. The minimum atomic E-state index is -0.000950. The van der Waals surface area contributed by atoms with Crippen LogP contribution in [0.3, 0.4) is 0 Å². The van der Waals surface area contributed by atoms with Crippen molar-refractivity contribution in [3.8, 4) is 5.75 Å². The first-order valence-electron chi connectivity index (χ1n) is 7.41. The van der Waals surface area contributed by atoms with E-state index in [9.17, 15) is 4.79 Å². The molecule has 0 bridgehead atoms. The van der Waals surface area contributed by atoms with Crippen LogP contribution in [0.25, 0.3) is 10.9 Å². The number of amides is 1. The molecule has 0 saturated heterocycles. The van der Waals surface area contributed by atoms with Gasteiger partial charge in [0, 0.05) is 30.7 Å². The zero-order valence-electron chi connectivity index (χ0n) is 12.9. The van der Waals surface area contributed by atoms with Gasteiger partial charge < -0.3 is 10.1 Å². The number of carbonyl (C=O) groups excluding carboxylic acids is 1. The number of rotatable bonds is 6. The molecular weight excluding hydrogens is 292 g/mol. The van der Waals surface area contributed by atoms with Crippen LogP contribution in [-0.4, -0.2) is 27.8 Å². The quantitative estimate of drug-likeness (QED) is 0.757. The molecule has 2 aromatic heterocycles. The number of hydrogen-bond acceptors (Lipinski definition) is 4. The van der Waals surface area contributed by atoms with Gasteiger partial charge in [-0.3, -0.25) is 14.5 Å². The summed E-state index contributed by atoms with van der Waals surface area (Å²) in [5.41, 5.74) is 2.03. The van der Waals surface area contributed by atoms with Gasteiger partial charge in [0.25, 0.3) is 0 Å². The Balaban J connectivity index is 1.56. The Bertz CT molecular complexity index is 799. The summed E-state index contributed by atoms with van der Waals surface area (Å²) in [6.07, 6.45) is 5.60. The Hall–Kier alpha value is -2.89. The molecule has 0 radical (unpaired) electrons. The highest BCUT2D eigenvalue weighted by Gasteiger charge is 2.07. The highest BCUT2D eigenvalue weighted by atomic mass is 16.5. The molecule has 1 aromatic carbocycles. The van der Waals surface area contributed by atoms with E-state index in [0.29, 0.717) is 19.5 Å². The van der Waals surface area contributed by atoms with Gasteiger partial charge in [0.1, 0.15) is 5.75 Å². The molecule has 0 aliphatic heterocycles. The molecule has 118 valence electrons. The molecule has 2 heterocycles. The van der Waals surface area contributed by atoms with Gasteiger partial charge in [-0.1, -0.05) is 0 Å². The lowest BCUT2D eigenvalue weighted by Gasteiger charge is -2.06. The van der Waals surface area contributed by atoms with Crippen LogP contribution in [0.4, 0.5) is 0 Å². The molecular formula is C17H18N4O2. The summed E-state index contributed by atoms with van der Waals surface area (Å²) >= 11 is 0. The summed E-state index contributed by atoms with van der Waals surface area (Å²) in [7, 11) is 1.64. The molecule has 0 fully saturated rings. The summed E-state index contributed by atoms with van der Waals surface area (Å²) in [5, 5.41) is 8.24. The Kier molecular flexibility index (Phi) is 4.52. The van der Waals surface area contributed by atoms with Crippen molar-refractivity contribution in [2.75, 3.05) is 7.11 Å². The van der Waals surface area contributed by atoms with Gasteiger partial charge in [0.15, 0.2) is 0 Å². The number of fused-ring (bicyclic) bond motifs is 1. The number of carbonyl (C=O) groups is 1. The predicted octanol–water partition coefficient (Wildman–Crippen LogP) is 2.15. The Morgan fingerprint density at radius 3 is 2.87 bits per heavy atom. The number of nitrogens with zero attached hydrogens (tertiary/aromatic N) is 3. The first-order chi connectivity index (χ1) is 11.3. The first kappa shape index (κ1) is 15.0. The number of methoxy groups -OCH3 is 1. The van der Waals surface area contributed by atoms with Crippen molar-refractivity contribution < 1.29 is 9.53 Å². The van der Waals surface area contributed by atoms with Crippen molar-refractivity contribution in [2.45, 2.75) is 19.5 Å². The SMILES string of the molecule is COc1ccc2c(cnn2CCC(=O)NCc2ccncc2)c1. The molecule has 3 rings (SSSR count). The monoisotopic (exact) mass is 310 g/mol. The number of aryl methyl sites for hydroxylation is 1. The van der Waals surface area contributed by atoms with E-state index in [2.05, 4.69) is 15.4 Å². The van der Waals surface area contributed by atoms with E-state index in [1.165, 1.54) is 0 Å². The van der Waals surface area contributed by atoms with E-state index in [1.807, 2.05) is 35.0 Å². The van der Waals surface area contributed by atoms with E-state index >= 15 is 0 Å². The van der Waals surface area contributed by atoms with Crippen LogP contribution < -0.4 is 10.1 Å². The number of aromatic nitrogens is 3. The van der Waals surface area contributed by atoms with Crippen molar-refractivity contribution in [1.29, 1.82) is 0 Å². The van der Waals surface area contributed by atoms with Crippen LogP contribution in [0, 0.1) is 0 Å². The summed E-state index contributed by atoms with van der Waals surface area (Å²) in [5.74, 6) is 0.797. The number of hydrogen-bond donors (Lipinski definition) is 1. The molecule has 0 unspecified atom stereocenters. The standard InChI is InChI=1S/C17H18N4O2/c1-23-15-2-3-16-14(10-15)12-20-21(16)9-6-17(22)19-11-13-4-7-18-8-5-13/h2-5,7-8,10,12H,6,9,11H2,1H3,(H,19,22). The first-order valence-corrected chi connectivity index (χ1v) is 7.41. The summed E-state index contributed by atoms with van der Waals surface area (Å²) in [6, 6.07) is 9.55. The number of nitrogens with one attached hydrogen (secondary N) is 1. The van der Waals surface area contributed by atoms with Crippen LogP contribution in [0.15, 0.2) is 48.9 Å². The van der Waals surface area contributed by atoms with Gasteiger partial charge >= 0.3 is 0 Å². The van der Waals surface area contributed by atoms with Crippen LogP contribution in [-0.2, 0) is 17.9 Å². The van der Waals surface area contributed by atoms with Gasteiger partial charge in [-0.15, -0.1) is 0 Å². The molecule has 0 saturated carbocycles. The lowest BCUT2D eigenvalue weighted by molar-refractivity contribution is -0.121. The normalized spacial score (nSPS) is 10.7. The van der Waals surface area contributed by atoms with Gasteiger partial charge in [-0.2, -0.15) is 5.10 Å².